The lowest BCUT2D eigenvalue weighted by Gasteiger charge is -2.26. The summed E-state index contributed by atoms with van der Waals surface area (Å²) in [5, 5.41) is 2.89. The smallest absolute Gasteiger partial charge is 0.271 e. The van der Waals surface area contributed by atoms with E-state index in [2.05, 4.69) is 32.0 Å². The number of morpholine rings is 1. The molecule has 1 amide bonds. The van der Waals surface area contributed by atoms with Crippen LogP contribution in [0.3, 0.4) is 0 Å². The number of carbonyl (C=O) groups excluding carboxylic acids is 1. The van der Waals surface area contributed by atoms with Crippen molar-refractivity contribution in [3.05, 3.63) is 18.1 Å². The van der Waals surface area contributed by atoms with Crippen molar-refractivity contribution in [3.8, 4) is 0 Å². The van der Waals surface area contributed by atoms with Gasteiger partial charge in [-0.05, 0) is 6.42 Å². The van der Waals surface area contributed by atoms with Gasteiger partial charge in [0, 0.05) is 39.8 Å². The maximum atomic E-state index is 12.1. The summed E-state index contributed by atoms with van der Waals surface area (Å²) >= 11 is 0. The van der Waals surface area contributed by atoms with Gasteiger partial charge in [0.25, 0.3) is 5.91 Å². The van der Waals surface area contributed by atoms with E-state index in [1.807, 2.05) is 7.05 Å². The number of rotatable bonds is 8. The Morgan fingerprint density at radius 2 is 2.13 bits per heavy atom. The number of nitrogens with zero attached hydrogens (tertiary/aromatic N) is 4. The van der Waals surface area contributed by atoms with Crippen LogP contribution in [0.5, 0.6) is 0 Å². The second-order valence-corrected chi connectivity index (χ2v) is 5.74. The molecule has 1 aliphatic heterocycles. The maximum absolute atomic E-state index is 12.1. The van der Waals surface area contributed by atoms with Crippen LogP contribution in [0.15, 0.2) is 12.4 Å². The van der Waals surface area contributed by atoms with Gasteiger partial charge in [-0.2, -0.15) is 0 Å². The average molecular weight is 321 g/mol. The quantitative estimate of drug-likeness (QED) is 0.763. The van der Waals surface area contributed by atoms with Crippen molar-refractivity contribution in [2.45, 2.75) is 19.8 Å². The second-order valence-electron chi connectivity index (χ2n) is 5.74. The molecular formula is C16H27N5O2. The highest BCUT2D eigenvalue weighted by molar-refractivity contribution is 5.91. The first kappa shape index (κ1) is 17.6. The molecular weight excluding hydrogens is 294 g/mol. The first-order valence-corrected chi connectivity index (χ1v) is 8.32. The maximum Gasteiger partial charge on any atom is 0.271 e. The lowest BCUT2D eigenvalue weighted by Crippen LogP contribution is -2.41. The van der Waals surface area contributed by atoms with Crippen molar-refractivity contribution in [3.63, 3.8) is 0 Å². The largest absolute Gasteiger partial charge is 0.379 e. The molecule has 0 aromatic carbocycles. The minimum atomic E-state index is -0.173. The van der Waals surface area contributed by atoms with Gasteiger partial charge in [0.2, 0.25) is 0 Å². The molecule has 1 N–H and O–H groups in total. The van der Waals surface area contributed by atoms with Crippen molar-refractivity contribution >= 4 is 11.7 Å². The topological polar surface area (TPSA) is 70.6 Å². The van der Waals surface area contributed by atoms with E-state index >= 15 is 0 Å². The van der Waals surface area contributed by atoms with Crippen molar-refractivity contribution in [2.24, 2.45) is 0 Å². The highest BCUT2D eigenvalue weighted by atomic mass is 16.5. The number of anilines is 1. The van der Waals surface area contributed by atoms with Gasteiger partial charge in [0.1, 0.15) is 11.5 Å². The van der Waals surface area contributed by atoms with Crippen molar-refractivity contribution < 1.29 is 9.53 Å². The molecule has 2 rings (SSSR count). The zero-order valence-electron chi connectivity index (χ0n) is 14.1. The third-order valence-corrected chi connectivity index (χ3v) is 3.93. The van der Waals surface area contributed by atoms with Crippen LogP contribution in [0.2, 0.25) is 0 Å². The fraction of sp³-hybridized carbons (Fsp3) is 0.688. The molecule has 1 aliphatic rings. The molecule has 7 heteroatoms. The van der Waals surface area contributed by atoms with Gasteiger partial charge in [0.15, 0.2) is 0 Å². The molecule has 0 radical (unpaired) electrons. The lowest BCUT2D eigenvalue weighted by molar-refractivity contribution is 0.0383. The van der Waals surface area contributed by atoms with Gasteiger partial charge in [-0.1, -0.05) is 13.3 Å². The third-order valence-electron chi connectivity index (χ3n) is 3.93. The Morgan fingerprint density at radius 3 is 2.78 bits per heavy atom. The molecule has 7 nitrogen and oxygen atoms in total. The summed E-state index contributed by atoms with van der Waals surface area (Å²) < 4.78 is 5.30. The van der Waals surface area contributed by atoms with Gasteiger partial charge in [-0.3, -0.25) is 9.69 Å². The summed E-state index contributed by atoms with van der Waals surface area (Å²) in [5.41, 5.74) is 0.361. The van der Waals surface area contributed by atoms with Crippen LogP contribution in [-0.4, -0.2) is 73.8 Å². The second kappa shape index (κ2) is 9.42. The molecule has 1 aromatic rings. The summed E-state index contributed by atoms with van der Waals surface area (Å²) in [4.78, 5) is 24.9. The highest BCUT2D eigenvalue weighted by Crippen LogP contribution is 2.07. The van der Waals surface area contributed by atoms with E-state index in [1.165, 1.54) is 0 Å². The molecule has 0 aliphatic carbocycles. The van der Waals surface area contributed by atoms with Crippen LogP contribution in [0.1, 0.15) is 30.3 Å². The fourth-order valence-electron chi connectivity index (χ4n) is 2.39. The molecule has 0 spiro atoms. The van der Waals surface area contributed by atoms with Crippen LogP contribution in [0, 0.1) is 0 Å². The van der Waals surface area contributed by atoms with E-state index in [4.69, 9.17) is 4.74 Å². The number of carbonyl (C=O) groups is 1. The Hall–Kier alpha value is -1.73. The molecule has 0 bridgehead atoms. The molecule has 23 heavy (non-hydrogen) atoms. The summed E-state index contributed by atoms with van der Waals surface area (Å²) in [6.07, 6.45) is 5.46. The Kier molecular flexibility index (Phi) is 7.22. The predicted molar refractivity (Wildman–Crippen MR) is 89.8 cm³/mol. The van der Waals surface area contributed by atoms with Gasteiger partial charge in [-0.25, -0.2) is 9.97 Å². The molecule has 0 unspecified atom stereocenters. The summed E-state index contributed by atoms with van der Waals surface area (Å²) in [6.45, 7) is 7.93. The molecule has 0 saturated carbocycles. The Labute approximate surface area is 138 Å². The summed E-state index contributed by atoms with van der Waals surface area (Å²) in [6, 6.07) is 0. The minimum absolute atomic E-state index is 0.173. The van der Waals surface area contributed by atoms with E-state index in [9.17, 15) is 4.79 Å². The van der Waals surface area contributed by atoms with E-state index in [1.54, 1.807) is 12.4 Å². The van der Waals surface area contributed by atoms with Gasteiger partial charge >= 0.3 is 0 Å². The number of unbranched alkanes of at least 4 members (excludes halogenated alkanes) is 1. The predicted octanol–water partition coefficient (Wildman–Crippen LogP) is 0.775. The summed E-state index contributed by atoms with van der Waals surface area (Å²) in [5.74, 6) is 0.622. The monoisotopic (exact) mass is 321 g/mol. The van der Waals surface area contributed by atoms with Crippen molar-refractivity contribution in [1.29, 1.82) is 0 Å². The zero-order chi connectivity index (χ0) is 16.5. The number of hydrogen-bond donors (Lipinski definition) is 1. The normalized spacial score (nSPS) is 15.4. The number of aromatic nitrogens is 2. The van der Waals surface area contributed by atoms with Crippen molar-refractivity contribution in [2.75, 3.05) is 57.9 Å². The third kappa shape index (κ3) is 5.76. The van der Waals surface area contributed by atoms with Gasteiger partial charge < -0.3 is 15.0 Å². The Balaban J connectivity index is 1.75. The van der Waals surface area contributed by atoms with Crippen molar-refractivity contribution in [1.82, 2.24) is 20.2 Å². The summed E-state index contributed by atoms with van der Waals surface area (Å²) in [7, 11) is 1.99. The molecule has 1 aromatic heterocycles. The molecule has 1 fully saturated rings. The van der Waals surface area contributed by atoms with Gasteiger partial charge in [-0.15, -0.1) is 0 Å². The van der Waals surface area contributed by atoms with E-state index in [0.29, 0.717) is 12.2 Å². The van der Waals surface area contributed by atoms with Gasteiger partial charge in [0.05, 0.1) is 25.6 Å². The van der Waals surface area contributed by atoms with Crippen LogP contribution in [-0.2, 0) is 4.74 Å². The van der Waals surface area contributed by atoms with Crippen LogP contribution < -0.4 is 10.2 Å². The number of ether oxygens (including phenoxy) is 1. The standard InChI is InChI=1S/C16H27N5O2/c1-3-4-6-20(2)15-13-18-14(12-19-15)16(22)17-5-7-21-8-10-23-11-9-21/h12-13H,3-11H2,1-2H3,(H,17,22). The fourth-order valence-corrected chi connectivity index (χ4v) is 2.39. The number of hydrogen-bond acceptors (Lipinski definition) is 6. The zero-order valence-corrected chi connectivity index (χ0v) is 14.1. The molecule has 128 valence electrons. The SMILES string of the molecule is CCCCN(C)c1cnc(C(=O)NCCN2CCOCC2)cn1. The van der Waals surface area contributed by atoms with E-state index in [-0.39, 0.29) is 5.91 Å². The van der Waals surface area contributed by atoms with Crippen LogP contribution in [0.4, 0.5) is 5.82 Å². The first-order chi connectivity index (χ1) is 11.2. The van der Waals surface area contributed by atoms with E-state index in [0.717, 1.165) is 58.1 Å². The Bertz CT molecular complexity index is 474. The number of amides is 1. The highest BCUT2D eigenvalue weighted by Gasteiger charge is 2.12. The first-order valence-electron chi connectivity index (χ1n) is 8.32. The molecule has 2 heterocycles. The van der Waals surface area contributed by atoms with E-state index < -0.39 is 0 Å². The molecule has 1 saturated heterocycles. The minimum Gasteiger partial charge on any atom is -0.379 e. The van der Waals surface area contributed by atoms with Crippen LogP contribution >= 0.6 is 0 Å². The molecule has 0 atom stereocenters. The lowest BCUT2D eigenvalue weighted by atomic mass is 10.3. The average Bonchev–Trinajstić information content (AvgIpc) is 2.60. The number of nitrogens with one attached hydrogen (secondary N) is 1. The Morgan fingerprint density at radius 1 is 1.35 bits per heavy atom. The van der Waals surface area contributed by atoms with Crippen LogP contribution in [0.25, 0.3) is 0 Å².